The summed E-state index contributed by atoms with van der Waals surface area (Å²) < 4.78 is 67.9. The predicted molar refractivity (Wildman–Crippen MR) is 335 cm³/mol. The molecule has 0 aromatic rings. The number of aliphatic hydroxyl groups is 1. The van der Waals surface area contributed by atoms with Gasteiger partial charge in [0.15, 0.2) is 12.2 Å². The second-order valence-electron chi connectivity index (χ2n) is 23.1. The third-order valence-electron chi connectivity index (χ3n) is 14.8. The van der Waals surface area contributed by atoms with E-state index in [1.54, 1.807) is 0 Å². The molecule has 0 aliphatic heterocycles. The molecular formula is C65H122O17P2. The van der Waals surface area contributed by atoms with Gasteiger partial charge >= 0.3 is 39.5 Å². The molecule has 0 radical (unpaired) electrons. The molecule has 0 amide bonds. The van der Waals surface area contributed by atoms with Gasteiger partial charge in [-0.1, -0.05) is 252 Å². The van der Waals surface area contributed by atoms with Crippen molar-refractivity contribution in [3.63, 3.8) is 0 Å². The van der Waals surface area contributed by atoms with E-state index in [1.165, 1.54) is 103 Å². The molecule has 0 saturated heterocycles. The maximum absolute atomic E-state index is 13.0. The Hall–Kier alpha value is -2.46. The topological polar surface area (TPSA) is 237 Å². The van der Waals surface area contributed by atoms with E-state index >= 15 is 0 Å². The summed E-state index contributed by atoms with van der Waals surface area (Å²) in [6.07, 6.45) is 45.3. The second-order valence-corrected chi connectivity index (χ2v) is 26.0. The summed E-state index contributed by atoms with van der Waals surface area (Å²) in [5.74, 6) is -1.39. The smallest absolute Gasteiger partial charge is 0.462 e. The number of hydrogen-bond acceptors (Lipinski definition) is 15. The van der Waals surface area contributed by atoms with Crippen LogP contribution in [0.15, 0.2) is 24.3 Å². The van der Waals surface area contributed by atoms with Crippen molar-refractivity contribution in [2.75, 3.05) is 39.6 Å². The lowest BCUT2D eigenvalue weighted by Gasteiger charge is -2.21. The Morgan fingerprint density at radius 1 is 0.381 bits per heavy atom. The zero-order chi connectivity index (χ0) is 62.0. The molecule has 84 heavy (non-hydrogen) atoms. The number of phosphoric ester groups is 2. The first-order valence-electron chi connectivity index (χ1n) is 33.5. The van der Waals surface area contributed by atoms with Gasteiger partial charge < -0.3 is 33.8 Å². The molecule has 0 aliphatic carbocycles. The minimum atomic E-state index is -4.95. The Labute approximate surface area is 510 Å². The Bertz CT molecular complexity index is 1730. The molecule has 494 valence electrons. The summed E-state index contributed by atoms with van der Waals surface area (Å²) in [7, 11) is -9.90. The lowest BCUT2D eigenvalue weighted by atomic mass is 9.99. The highest BCUT2D eigenvalue weighted by molar-refractivity contribution is 7.47. The molecule has 0 fully saturated rings. The van der Waals surface area contributed by atoms with E-state index in [0.29, 0.717) is 25.7 Å². The van der Waals surface area contributed by atoms with Crippen molar-refractivity contribution in [1.29, 1.82) is 0 Å². The van der Waals surface area contributed by atoms with Crippen LogP contribution in [0.2, 0.25) is 0 Å². The average Bonchev–Trinajstić information content (AvgIpc) is 3.59. The van der Waals surface area contributed by atoms with Crippen LogP contribution in [0, 0.1) is 5.92 Å². The summed E-state index contributed by atoms with van der Waals surface area (Å²) in [4.78, 5) is 72.1. The summed E-state index contributed by atoms with van der Waals surface area (Å²) in [5, 5.41) is 10.5. The van der Waals surface area contributed by atoms with Crippen molar-refractivity contribution in [2.24, 2.45) is 5.92 Å². The standard InChI is InChI=1S/C65H122O17P2/c1-6-10-13-16-19-21-23-24-25-26-27-29-36-41-46-51-65(70)82-61(55-76-63(68)49-44-39-34-31-30-33-37-42-47-58(5)9-4)57-80-84(73,74)78-53-59(66)52-77-83(71,72)79-56-60(54-75-62(67)48-43-38-32-18-15-12-8-3)81-64(69)50-45-40-35-28-22-20-17-14-11-7-2/h21,23-25,58-61,66H,6-20,22,26-57H2,1-5H3,(H,71,72)(H,73,74)/b23-21-,25-24-/t58?,59-,60+,61+/m0/s1. The second kappa shape index (κ2) is 58.2. The van der Waals surface area contributed by atoms with Gasteiger partial charge in [0.25, 0.3) is 0 Å². The largest absolute Gasteiger partial charge is 0.472 e. The molecule has 6 atom stereocenters. The SMILES string of the molecule is CCCCCC/C=C\C=C/CCCCCCCC(=O)O[C@H](COC(=O)CCCCCCCCCCC(C)CC)COP(=O)(O)OC[C@@H](O)COP(=O)(O)OC[C@@H](COC(=O)CCCCCCCCC)OC(=O)CCCCCCCCCCCC. The third kappa shape index (κ3) is 57.3. The van der Waals surface area contributed by atoms with Crippen LogP contribution >= 0.6 is 15.6 Å². The number of unbranched alkanes of at least 4 members (excludes halogenated alkanes) is 31. The average molecular weight is 1240 g/mol. The molecule has 19 heteroatoms. The first-order valence-corrected chi connectivity index (χ1v) is 36.5. The van der Waals surface area contributed by atoms with Crippen LogP contribution in [-0.2, 0) is 65.4 Å². The molecule has 3 unspecified atom stereocenters. The highest BCUT2D eigenvalue weighted by Gasteiger charge is 2.30. The van der Waals surface area contributed by atoms with Crippen molar-refractivity contribution in [1.82, 2.24) is 0 Å². The number of carbonyl (C=O) groups excluding carboxylic acids is 4. The van der Waals surface area contributed by atoms with Gasteiger partial charge in [-0.15, -0.1) is 0 Å². The number of phosphoric acid groups is 2. The Morgan fingerprint density at radius 3 is 1.01 bits per heavy atom. The first kappa shape index (κ1) is 81.5. The quantitative estimate of drug-likeness (QED) is 0.0169. The molecule has 0 aromatic carbocycles. The van der Waals surface area contributed by atoms with E-state index in [4.69, 9.17) is 37.0 Å². The van der Waals surface area contributed by atoms with Crippen LogP contribution in [0.4, 0.5) is 0 Å². The van der Waals surface area contributed by atoms with Gasteiger partial charge in [0.05, 0.1) is 26.4 Å². The highest BCUT2D eigenvalue weighted by atomic mass is 31.2. The summed E-state index contributed by atoms with van der Waals surface area (Å²) >= 11 is 0. The number of allylic oxidation sites excluding steroid dienone is 4. The van der Waals surface area contributed by atoms with E-state index in [-0.39, 0.29) is 25.7 Å². The van der Waals surface area contributed by atoms with Crippen LogP contribution < -0.4 is 0 Å². The van der Waals surface area contributed by atoms with Crippen molar-refractivity contribution in [3.05, 3.63) is 24.3 Å². The van der Waals surface area contributed by atoms with Crippen molar-refractivity contribution in [3.8, 4) is 0 Å². The molecule has 0 aromatic heterocycles. The number of rotatable bonds is 63. The van der Waals surface area contributed by atoms with Gasteiger partial charge in [0, 0.05) is 25.7 Å². The Kier molecular flexibility index (Phi) is 56.5. The molecule has 0 rings (SSSR count). The van der Waals surface area contributed by atoms with E-state index in [1.807, 2.05) is 0 Å². The lowest BCUT2D eigenvalue weighted by Crippen LogP contribution is -2.30. The van der Waals surface area contributed by atoms with E-state index < -0.39 is 97.5 Å². The van der Waals surface area contributed by atoms with E-state index in [9.17, 15) is 43.2 Å². The maximum atomic E-state index is 13.0. The molecule has 3 N–H and O–H groups in total. The van der Waals surface area contributed by atoms with Gasteiger partial charge in [-0.2, -0.15) is 0 Å². The maximum Gasteiger partial charge on any atom is 0.472 e. The fraction of sp³-hybridized carbons (Fsp3) is 0.877. The highest BCUT2D eigenvalue weighted by Crippen LogP contribution is 2.45. The van der Waals surface area contributed by atoms with E-state index in [2.05, 4.69) is 58.9 Å². The van der Waals surface area contributed by atoms with Gasteiger partial charge in [0.1, 0.15) is 19.3 Å². The molecule has 0 aliphatic rings. The van der Waals surface area contributed by atoms with Crippen molar-refractivity contribution >= 4 is 39.5 Å². The molecule has 0 spiro atoms. The minimum Gasteiger partial charge on any atom is -0.462 e. The van der Waals surface area contributed by atoms with Crippen molar-refractivity contribution < 1.29 is 80.2 Å². The first-order chi connectivity index (χ1) is 40.6. The summed E-state index contributed by atoms with van der Waals surface area (Å²) in [5.41, 5.74) is 0. The summed E-state index contributed by atoms with van der Waals surface area (Å²) in [6, 6.07) is 0. The molecule has 17 nitrogen and oxygen atoms in total. The van der Waals surface area contributed by atoms with Crippen LogP contribution in [0.1, 0.15) is 304 Å². The normalized spacial score (nSPS) is 14.7. The number of carbonyl (C=O) groups is 4. The van der Waals surface area contributed by atoms with E-state index in [0.717, 1.165) is 121 Å². The lowest BCUT2D eigenvalue weighted by molar-refractivity contribution is -0.161. The fourth-order valence-electron chi connectivity index (χ4n) is 9.19. The predicted octanol–water partition coefficient (Wildman–Crippen LogP) is 17.7. The Morgan fingerprint density at radius 2 is 0.667 bits per heavy atom. The third-order valence-corrected chi connectivity index (χ3v) is 16.7. The van der Waals surface area contributed by atoms with Crippen LogP contribution in [0.3, 0.4) is 0 Å². The van der Waals surface area contributed by atoms with Gasteiger partial charge in [0.2, 0.25) is 0 Å². The van der Waals surface area contributed by atoms with Crippen LogP contribution in [0.25, 0.3) is 0 Å². The van der Waals surface area contributed by atoms with Crippen molar-refractivity contribution in [2.45, 2.75) is 323 Å². The zero-order valence-electron chi connectivity index (χ0n) is 53.5. The minimum absolute atomic E-state index is 0.0845. The zero-order valence-corrected chi connectivity index (χ0v) is 55.3. The monoisotopic (exact) mass is 1240 g/mol. The van der Waals surface area contributed by atoms with Gasteiger partial charge in [-0.25, -0.2) is 9.13 Å². The Balaban J connectivity index is 5.26. The molecular weight excluding hydrogens is 1110 g/mol. The number of esters is 4. The molecule has 0 saturated carbocycles. The van der Waals surface area contributed by atoms with Gasteiger partial charge in [-0.05, 0) is 57.3 Å². The number of hydrogen-bond donors (Lipinski definition) is 3. The number of ether oxygens (including phenoxy) is 4. The van der Waals surface area contributed by atoms with Crippen LogP contribution in [-0.4, -0.2) is 96.7 Å². The van der Waals surface area contributed by atoms with Gasteiger partial charge in [-0.3, -0.25) is 37.3 Å². The fourth-order valence-corrected chi connectivity index (χ4v) is 10.8. The number of aliphatic hydroxyl groups excluding tert-OH is 1. The van der Waals surface area contributed by atoms with Crippen LogP contribution in [0.5, 0.6) is 0 Å². The molecule has 0 bridgehead atoms. The molecule has 0 heterocycles. The summed E-state index contributed by atoms with van der Waals surface area (Å²) in [6.45, 7) is 7.09.